The fourth-order valence-corrected chi connectivity index (χ4v) is 3.12. The van der Waals surface area contributed by atoms with Crippen molar-refractivity contribution in [2.75, 3.05) is 6.61 Å². The van der Waals surface area contributed by atoms with Gasteiger partial charge in [-0.05, 0) is 57.5 Å². The van der Waals surface area contributed by atoms with E-state index in [9.17, 15) is 14.0 Å². The molecule has 0 radical (unpaired) electrons. The summed E-state index contributed by atoms with van der Waals surface area (Å²) in [5.41, 5.74) is 0.425. The molecule has 2 amide bonds. The molecule has 2 rings (SSSR count). The fourth-order valence-electron chi connectivity index (χ4n) is 2.67. The van der Waals surface area contributed by atoms with Crippen LogP contribution < -0.4 is 10.1 Å². The van der Waals surface area contributed by atoms with Gasteiger partial charge in [-0.25, -0.2) is 4.39 Å². The molecular formula is C22H26BrFN2O3. The zero-order chi connectivity index (χ0) is 21.6. The Balaban J connectivity index is 2.19. The highest BCUT2D eigenvalue weighted by Crippen LogP contribution is 2.18. The monoisotopic (exact) mass is 464 g/mol. The summed E-state index contributed by atoms with van der Waals surface area (Å²) in [5.74, 6) is -1.23. The first-order chi connectivity index (χ1) is 13.6. The highest BCUT2D eigenvalue weighted by molar-refractivity contribution is 9.10. The predicted octanol–water partition coefficient (Wildman–Crippen LogP) is 4.30. The lowest BCUT2D eigenvalue weighted by Crippen LogP contribution is -2.53. The molecule has 0 aliphatic heterocycles. The van der Waals surface area contributed by atoms with Gasteiger partial charge in [-0.15, -0.1) is 0 Å². The molecule has 0 heterocycles. The molecule has 7 heteroatoms. The van der Waals surface area contributed by atoms with Crippen LogP contribution in [0.5, 0.6) is 5.75 Å². The Labute approximate surface area is 179 Å². The van der Waals surface area contributed by atoms with Gasteiger partial charge in [0.05, 0.1) is 0 Å². The normalized spacial score (nSPS) is 12.2. The maximum absolute atomic E-state index is 13.8. The van der Waals surface area contributed by atoms with Gasteiger partial charge >= 0.3 is 0 Å². The van der Waals surface area contributed by atoms with Crippen LogP contribution >= 0.6 is 15.9 Å². The molecule has 0 fully saturated rings. The molecule has 0 aromatic heterocycles. The van der Waals surface area contributed by atoms with Crippen LogP contribution in [0, 0.1) is 5.82 Å². The third-order valence-electron chi connectivity index (χ3n) is 4.10. The number of carbonyl (C=O) groups excluding carboxylic acids is 2. The fraction of sp³-hybridized carbons (Fsp3) is 0.364. The zero-order valence-corrected chi connectivity index (χ0v) is 18.6. The number of hydrogen-bond acceptors (Lipinski definition) is 3. The quantitative estimate of drug-likeness (QED) is 0.664. The molecule has 156 valence electrons. The minimum Gasteiger partial charge on any atom is -0.481 e. The van der Waals surface area contributed by atoms with Crippen molar-refractivity contribution in [2.24, 2.45) is 0 Å². The minimum absolute atomic E-state index is 0.00458. The molecule has 29 heavy (non-hydrogen) atoms. The Morgan fingerprint density at radius 2 is 1.86 bits per heavy atom. The maximum atomic E-state index is 13.8. The average Bonchev–Trinajstić information content (AvgIpc) is 2.63. The van der Waals surface area contributed by atoms with Gasteiger partial charge in [0, 0.05) is 16.6 Å². The van der Waals surface area contributed by atoms with E-state index in [2.05, 4.69) is 21.2 Å². The first-order valence-corrected chi connectivity index (χ1v) is 10.1. The predicted molar refractivity (Wildman–Crippen MR) is 114 cm³/mol. The number of halogens is 2. The Kier molecular flexibility index (Phi) is 7.79. The Hall–Kier alpha value is -2.41. The van der Waals surface area contributed by atoms with E-state index in [0.29, 0.717) is 0 Å². The van der Waals surface area contributed by atoms with Crippen LogP contribution in [0.3, 0.4) is 0 Å². The average molecular weight is 465 g/mol. The number of amides is 2. The molecule has 0 saturated heterocycles. The van der Waals surface area contributed by atoms with Crippen molar-refractivity contribution >= 4 is 27.7 Å². The summed E-state index contributed by atoms with van der Waals surface area (Å²) < 4.78 is 20.0. The van der Waals surface area contributed by atoms with Gasteiger partial charge in [-0.3, -0.25) is 9.59 Å². The second-order valence-corrected chi connectivity index (χ2v) is 8.70. The van der Waals surface area contributed by atoms with Gasteiger partial charge in [0.15, 0.2) is 18.2 Å². The van der Waals surface area contributed by atoms with Gasteiger partial charge in [0.2, 0.25) is 5.91 Å². The lowest BCUT2D eigenvalue weighted by molar-refractivity contribution is -0.142. The Morgan fingerprint density at radius 3 is 2.48 bits per heavy atom. The smallest absolute Gasteiger partial charge is 0.261 e. The van der Waals surface area contributed by atoms with Crippen LogP contribution in [0.1, 0.15) is 33.3 Å². The van der Waals surface area contributed by atoms with Crippen molar-refractivity contribution < 1.29 is 18.7 Å². The first kappa shape index (κ1) is 22.9. The molecule has 0 spiro atoms. The third-order valence-corrected chi connectivity index (χ3v) is 4.59. The van der Waals surface area contributed by atoms with Crippen molar-refractivity contribution in [2.45, 2.75) is 45.8 Å². The molecule has 2 aromatic carbocycles. The number of rotatable bonds is 7. The summed E-state index contributed by atoms with van der Waals surface area (Å²) in [4.78, 5) is 27.0. The number of benzene rings is 2. The van der Waals surface area contributed by atoms with Crippen LogP contribution in [-0.4, -0.2) is 34.9 Å². The summed E-state index contributed by atoms with van der Waals surface area (Å²) in [7, 11) is 0. The van der Waals surface area contributed by atoms with Gasteiger partial charge in [-0.2, -0.15) is 0 Å². The van der Waals surface area contributed by atoms with Crippen LogP contribution in [0.2, 0.25) is 0 Å². The number of nitrogens with one attached hydrogen (secondary N) is 1. The van der Waals surface area contributed by atoms with E-state index in [1.807, 2.05) is 45.0 Å². The zero-order valence-electron chi connectivity index (χ0n) is 17.0. The van der Waals surface area contributed by atoms with Crippen molar-refractivity contribution in [3.63, 3.8) is 0 Å². The summed E-state index contributed by atoms with van der Waals surface area (Å²) in [5, 5.41) is 2.89. The molecule has 1 atom stereocenters. The number of nitrogens with zero attached hydrogens (tertiary/aromatic N) is 1. The number of carbonyl (C=O) groups is 2. The maximum Gasteiger partial charge on any atom is 0.261 e. The van der Waals surface area contributed by atoms with E-state index in [4.69, 9.17) is 4.74 Å². The van der Waals surface area contributed by atoms with Gasteiger partial charge in [0.1, 0.15) is 6.04 Å². The van der Waals surface area contributed by atoms with Crippen LogP contribution in [0.4, 0.5) is 4.39 Å². The number of hydrogen-bond donors (Lipinski definition) is 1. The van der Waals surface area contributed by atoms with Crippen LogP contribution in [0.15, 0.2) is 53.0 Å². The molecule has 0 aliphatic carbocycles. The molecule has 0 bridgehead atoms. The Bertz CT molecular complexity index is 867. The Morgan fingerprint density at radius 1 is 1.17 bits per heavy atom. The molecule has 0 aliphatic rings. The number of ether oxygens (including phenoxy) is 1. The SMILES string of the molecule is CC(C(=O)NC(C)(C)C)N(Cc1cccc(Br)c1)C(=O)COc1ccccc1F. The second kappa shape index (κ2) is 9.87. The standard InChI is InChI=1S/C22H26BrFN2O3/c1-15(21(28)25-22(2,3)4)26(13-16-8-7-9-17(23)12-16)20(27)14-29-19-11-6-5-10-18(19)24/h5-12,15H,13-14H2,1-4H3,(H,25,28). The summed E-state index contributed by atoms with van der Waals surface area (Å²) >= 11 is 3.42. The van der Waals surface area contributed by atoms with E-state index >= 15 is 0 Å². The van der Waals surface area contributed by atoms with Crippen molar-refractivity contribution in [3.8, 4) is 5.75 Å². The lowest BCUT2D eigenvalue weighted by Gasteiger charge is -2.31. The van der Waals surface area contributed by atoms with Crippen LogP contribution in [-0.2, 0) is 16.1 Å². The molecule has 2 aromatic rings. The van der Waals surface area contributed by atoms with Crippen molar-refractivity contribution in [1.29, 1.82) is 0 Å². The highest BCUT2D eigenvalue weighted by Gasteiger charge is 2.28. The first-order valence-electron chi connectivity index (χ1n) is 9.30. The van der Waals surface area contributed by atoms with E-state index in [1.54, 1.807) is 19.1 Å². The summed E-state index contributed by atoms with van der Waals surface area (Å²) in [6, 6.07) is 12.7. The molecule has 0 saturated carbocycles. The highest BCUT2D eigenvalue weighted by atomic mass is 79.9. The van der Waals surface area contributed by atoms with E-state index < -0.39 is 23.3 Å². The van der Waals surface area contributed by atoms with Crippen LogP contribution in [0.25, 0.3) is 0 Å². The summed E-state index contributed by atoms with van der Waals surface area (Å²) in [6.07, 6.45) is 0. The molecule has 1 N–H and O–H groups in total. The van der Waals surface area contributed by atoms with E-state index in [1.165, 1.54) is 17.0 Å². The minimum atomic E-state index is -0.732. The van der Waals surface area contributed by atoms with Gasteiger partial charge in [0.25, 0.3) is 5.91 Å². The largest absolute Gasteiger partial charge is 0.481 e. The van der Waals surface area contributed by atoms with E-state index in [-0.39, 0.29) is 24.8 Å². The third kappa shape index (κ3) is 7.16. The second-order valence-electron chi connectivity index (χ2n) is 7.79. The molecule has 1 unspecified atom stereocenters. The topological polar surface area (TPSA) is 58.6 Å². The van der Waals surface area contributed by atoms with Crippen molar-refractivity contribution in [3.05, 3.63) is 64.4 Å². The van der Waals surface area contributed by atoms with Crippen molar-refractivity contribution in [1.82, 2.24) is 10.2 Å². The lowest BCUT2D eigenvalue weighted by atomic mass is 10.1. The van der Waals surface area contributed by atoms with E-state index in [0.717, 1.165) is 10.0 Å². The molecule has 5 nitrogen and oxygen atoms in total. The van der Waals surface area contributed by atoms with Gasteiger partial charge < -0.3 is 15.0 Å². The van der Waals surface area contributed by atoms with Gasteiger partial charge in [-0.1, -0.05) is 40.2 Å². The number of para-hydroxylation sites is 1. The molecular weight excluding hydrogens is 439 g/mol. The summed E-state index contributed by atoms with van der Waals surface area (Å²) in [6.45, 7) is 7.14.